The van der Waals surface area contributed by atoms with Crippen LogP contribution in [0.3, 0.4) is 0 Å². The van der Waals surface area contributed by atoms with Gasteiger partial charge in [-0.05, 0) is 31.5 Å². The molecule has 6 heteroatoms. The molecule has 0 fully saturated rings. The average molecular weight is 312 g/mol. The molecule has 0 atom stereocenters. The summed E-state index contributed by atoms with van der Waals surface area (Å²) >= 11 is 1.29. The summed E-state index contributed by atoms with van der Waals surface area (Å²) in [6, 6.07) is 9.86. The summed E-state index contributed by atoms with van der Waals surface area (Å²) in [5, 5.41) is 9.65. The van der Waals surface area contributed by atoms with Crippen LogP contribution in [0.15, 0.2) is 53.1 Å². The second-order valence-corrected chi connectivity index (χ2v) is 5.74. The molecule has 0 amide bonds. The minimum Gasteiger partial charge on any atom is -0.401 e. The van der Waals surface area contributed by atoms with Gasteiger partial charge in [0.1, 0.15) is 11.6 Å². The first-order valence-electron chi connectivity index (χ1n) is 6.65. The van der Waals surface area contributed by atoms with E-state index in [1.54, 1.807) is 13.1 Å². The van der Waals surface area contributed by atoms with Crippen LogP contribution in [0.4, 0.5) is 0 Å². The maximum atomic E-state index is 12.0. The van der Waals surface area contributed by atoms with E-state index in [4.69, 9.17) is 11.0 Å². The number of carbonyl (C=O) groups is 1. The molecule has 0 saturated heterocycles. The first-order chi connectivity index (χ1) is 10.5. The fourth-order valence-electron chi connectivity index (χ4n) is 1.94. The molecule has 2 N–H and O–H groups in total. The van der Waals surface area contributed by atoms with Gasteiger partial charge < -0.3 is 5.73 Å². The number of thioether (sulfide) groups is 1. The molecule has 1 heterocycles. The summed E-state index contributed by atoms with van der Waals surface area (Å²) in [5.74, 6) is -0.161. The molecular formula is C16H16N4OS. The number of aryl methyl sites for hydroxylation is 1. The molecule has 5 nitrogen and oxygen atoms in total. The van der Waals surface area contributed by atoms with Crippen molar-refractivity contribution in [2.24, 2.45) is 5.73 Å². The highest BCUT2D eigenvalue weighted by Gasteiger charge is 2.14. The molecule has 0 aliphatic carbocycles. The van der Waals surface area contributed by atoms with Crippen molar-refractivity contribution >= 4 is 17.5 Å². The van der Waals surface area contributed by atoms with Crippen molar-refractivity contribution in [1.29, 1.82) is 5.26 Å². The van der Waals surface area contributed by atoms with Crippen molar-refractivity contribution in [3.63, 3.8) is 0 Å². The molecule has 112 valence electrons. The van der Waals surface area contributed by atoms with Crippen LogP contribution in [0.2, 0.25) is 0 Å². The third kappa shape index (κ3) is 3.57. The van der Waals surface area contributed by atoms with Gasteiger partial charge in [-0.25, -0.2) is 4.98 Å². The Morgan fingerprint density at radius 1 is 1.50 bits per heavy atom. The van der Waals surface area contributed by atoms with Gasteiger partial charge in [-0.2, -0.15) is 5.26 Å². The zero-order valence-electron chi connectivity index (χ0n) is 12.4. The van der Waals surface area contributed by atoms with Gasteiger partial charge in [0.25, 0.3) is 0 Å². The van der Waals surface area contributed by atoms with Crippen LogP contribution < -0.4 is 5.73 Å². The molecule has 22 heavy (non-hydrogen) atoms. The molecule has 2 rings (SSSR count). The van der Waals surface area contributed by atoms with E-state index in [0.29, 0.717) is 5.16 Å². The first-order valence-corrected chi connectivity index (χ1v) is 7.64. The van der Waals surface area contributed by atoms with Gasteiger partial charge in [0.15, 0.2) is 10.9 Å². The monoisotopic (exact) mass is 312 g/mol. The standard InChI is InChI=1S/C16H16N4OS/c1-11-4-3-5-13(8-11)20-7-6-19-16(20)22-10-15(21)14(9-17)12(2)18/h3-8H,10,18H2,1-2H3/b14-12+. The third-order valence-electron chi connectivity index (χ3n) is 3.00. The van der Waals surface area contributed by atoms with Crippen LogP contribution >= 0.6 is 11.8 Å². The predicted molar refractivity (Wildman–Crippen MR) is 86.5 cm³/mol. The zero-order valence-corrected chi connectivity index (χ0v) is 13.2. The molecular weight excluding hydrogens is 296 g/mol. The fraction of sp³-hybridized carbons (Fsp3) is 0.188. The second kappa shape index (κ2) is 6.96. The second-order valence-electron chi connectivity index (χ2n) is 4.80. The smallest absolute Gasteiger partial charge is 0.185 e. The lowest BCUT2D eigenvalue weighted by Crippen LogP contribution is -2.10. The van der Waals surface area contributed by atoms with Crippen molar-refractivity contribution in [3.8, 4) is 11.8 Å². The summed E-state index contributed by atoms with van der Waals surface area (Å²) in [5.41, 5.74) is 7.93. The van der Waals surface area contributed by atoms with E-state index in [1.165, 1.54) is 11.8 Å². The largest absolute Gasteiger partial charge is 0.401 e. The number of hydrogen-bond donors (Lipinski definition) is 1. The average Bonchev–Trinajstić information content (AvgIpc) is 2.94. The number of hydrogen-bond acceptors (Lipinski definition) is 5. The number of Topliss-reactive ketones (excluding diaryl/α,β-unsaturated/α-hetero) is 1. The normalized spacial score (nSPS) is 11.7. The number of benzene rings is 1. The third-order valence-corrected chi connectivity index (χ3v) is 3.97. The Morgan fingerprint density at radius 2 is 2.27 bits per heavy atom. The Kier molecular flexibility index (Phi) is 5.02. The van der Waals surface area contributed by atoms with Gasteiger partial charge in [0.2, 0.25) is 0 Å². The fourth-order valence-corrected chi connectivity index (χ4v) is 2.79. The number of carbonyl (C=O) groups excluding carboxylic acids is 1. The number of imidazole rings is 1. The molecule has 0 saturated carbocycles. The number of aromatic nitrogens is 2. The van der Waals surface area contributed by atoms with E-state index < -0.39 is 0 Å². The Labute approximate surface area is 133 Å². The summed E-state index contributed by atoms with van der Waals surface area (Å²) in [6.07, 6.45) is 3.53. The van der Waals surface area contributed by atoms with Crippen molar-refractivity contribution in [1.82, 2.24) is 9.55 Å². The van der Waals surface area contributed by atoms with Gasteiger partial charge in [-0.15, -0.1) is 0 Å². The predicted octanol–water partition coefficient (Wildman–Crippen LogP) is 2.60. The number of rotatable bonds is 5. The SMILES string of the molecule is C/C(N)=C(/C#N)C(=O)CSc1nccn1-c1cccc(C)c1. The summed E-state index contributed by atoms with van der Waals surface area (Å²) in [7, 11) is 0. The van der Waals surface area contributed by atoms with E-state index in [0.717, 1.165) is 11.3 Å². The lowest BCUT2D eigenvalue weighted by Gasteiger charge is -2.08. The lowest BCUT2D eigenvalue weighted by molar-refractivity contribution is -0.112. The lowest BCUT2D eigenvalue weighted by atomic mass is 10.2. The highest BCUT2D eigenvalue weighted by Crippen LogP contribution is 2.22. The Balaban J connectivity index is 2.17. The van der Waals surface area contributed by atoms with E-state index in [-0.39, 0.29) is 22.8 Å². The van der Waals surface area contributed by atoms with Gasteiger partial charge in [0, 0.05) is 23.8 Å². The highest BCUT2D eigenvalue weighted by atomic mass is 32.2. The van der Waals surface area contributed by atoms with Crippen LogP contribution in [0.1, 0.15) is 12.5 Å². The van der Waals surface area contributed by atoms with E-state index in [2.05, 4.69) is 4.98 Å². The van der Waals surface area contributed by atoms with Crippen molar-refractivity contribution in [3.05, 3.63) is 53.5 Å². The number of nitrogens with zero attached hydrogens (tertiary/aromatic N) is 3. The molecule has 1 aromatic heterocycles. The van der Waals surface area contributed by atoms with Crippen LogP contribution in [0.5, 0.6) is 0 Å². The summed E-state index contributed by atoms with van der Waals surface area (Å²) in [4.78, 5) is 16.3. The molecule has 0 aliphatic rings. The number of nitrogens with two attached hydrogens (primary N) is 1. The van der Waals surface area contributed by atoms with Crippen molar-refractivity contribution in [2.45, 2.75) is 19.0 Å². The van der Waals surface area contributed by atoms with Crippen LogP contribution in [0.25, 0.3) is 5.69 Å². The first kappa shape index (κ1) is 15.9. The van der Waals surface area contributed by atoms with Gasteiger partial charge >= 0.3 is 0 Å². The van der Waals surface area contributed by atoms with Gasteiger partial charge in [-0.1, -0.05) is 23.9 Å². The minimum atomic E-state index is -0.286. The van der Waals surface area contributed by atoms with Crippen LogP contribution in [-0.2, 0) is 4.79 Å². The zero-order chi connectivity index (χ0) is 16.1. The molecule has 0 bridgehead atoms. The maximum absolute atomic E-state index is 12.0. The van der Waals surface area contributed by atoms with E-state index in [1.807, 2.05) is 48.0 Å². The Bertz CT molecular complexity index is 766. The molecule has 0 unspecified atom stereocenters. The van der Waals surface area contributed by atoms with Crippen LogP contribution in [-0.4, -0.2) is 21.1 Å². The van der Waals surface area contributed by atoms with Gasteiger partial charge in [-0.3, -0.25) is 9.36 Å². The Hall–Kier alpha value is -2.52. The molecule has 2 aromatic rings. The number of allylic oxidation sites excluding steroid dienone is 2. The summed E-state index contributed by atoms with van der Waals surface area (Å²) < 4.78 is 1.91. The maximum Gasteiger partial charge on any atom is 0.185 e. The van der Waals surface area contributed by atoms with E-state index >= 15 is 0 Å². The van der Waals surface area contributed by atoms with Crippen molar-refractivity contribution in [2.75, 3.05) is 5.75 Å². The molecule has 0 radical (unpaired) electrons. The molecule has 0 spiro atoms. The number of ketones is 1. The van der Waals surface area contributed by atoms with Crippen LogP contribution in [0, 0.1) is 18.3 Å². The van der Waals surface area contributed by atoms with Crippen molar-refractivity contribution < 1.29 is 4.79 Å². The summed E-state index contributed by atoms with van der Waals surface area (Å²) in [6.45, 7) is 3.57. The Morgan fingerprint density at radius 3 is 2.91 bits per heavy atom. The topological polar surface area (TPSA) is 84.7 Å². The quantitative estimate of drug-likeness (QED) is 0.521. The minimum absolute atomic E-state index is 0.0150. The van der Waals surface area contributed by atoms with E-state index in [9.17, 15) is 4.79 Å². The number of nitriles is 1. The molecule has 0 aliphatic heterocycles. The van der Waals surface area contributed by atoms with Gasteiger partial charge in [0.05, 0.1) is 5.75 Å². The highest BCUT2D eigenvalue weighted by molar-refractivity contribution is 7.99. The molecule has 1 aromatic carbocycles.